The van der Waals surface area contributed by atoms with Crippen LogP contribution in [-0.4, -0.2) is 4.98 Å². The van der Waals surface area contributed by atoms with Crippen LogP contribution >= 0.6 is 0 Å². The molecule has 0 amide bonds. The topological polar surface area (TPSA) is 26.0 Å². The molecule has 0 N–H and O–H groups in total. The lowest BCUT2D eigenvalue weighted by Gasteiger charge is -2.23. The molecule has 0 aliphatic rings. The Labute approximate surface area is 162 Å². The Kier molecular flexibility index (Phi) is 3.57. The van der Waals surface area contributed by atoms with Crippen molar-refractivity contribution < 1.29 is 8.81 Å². The summed E-state index contributed by atoms with van der Waals surface area (Å²) >= 11 is 0. The van der Waals surface area contributed by atoms with Crippen LogP contribution in [-0.2, 0) is 5.41 Å². The number of rotatable bonds is 1. The van der Waals surface area contributed by atoms with E-state index >= 15 is 0 Å². The van der Waals surface area contributed by atoms with E-state index in [1.165, 1.54) is 17.0 Å². The highest BCUT2D eigenvalue weighted by Crippen LogP contribution is 2.38. The number of fused-ring (bicyclic) bond motifs is 4. The minimum Gasteiger partial charge on any atom is -0.430 e. The summed E-state index contributed by atoms with van der Waals surface area (Å²) in [7, 11) is 0. The first-order chi connectivity index (χ1) is 13.4. The molecule has 2 aromatic heterocycles. The Morgan fingerprint density at radius 1 is 0.821 bits per heavy atom. The highest BCUT2D eigenvalue weighted by atomic mass is 19.1. The minimum absolute atomic E-state index is 0.0345. The van der Waals surface area contributed by atoms with E-state index < -0.39 is 6.01 Å². The molecule has 2 heterocycles. The molecule has 0 radical (unpaired) electrons. The second-order valence-electron chi connectivity index (χ2n) is 8.27. The second kappa shape index (κ2) is 5.90. The van der Waals surface area contributed by atoms with Gasteiger partial charge in [-0.3, -0.25) is 0 Å². The lowest BCUT2D eigenvalue weighted by atomic mass is 9.82. The molecule has 0 saturated carbocycles. The van der Waals surface area contributed by atoms with Crippen molar-refractivity contribution in [3.63, 3.8) is 0 Å². The second-order valence-corrected chi connectivity index (χ2v) is 8.27. The van der Waals surface area contributed by atoms with Crippen molar-refractivity contribution in [1.29, 1.82) is 0 Å². The molecule has 138 valence electrons. The maximum Gasteiger partial charge on any atom is 0.278 e. The van der Waals surface area contributed by atoms with Crippen molar-refractivity contribution in [3.05, 3.63) is 78.3 Å². The molecule has 5 rings (SSSR count). The summed E-state index contributed by atoms with van der Waals surface area (Å²) in [6.07, 6.45) is 0. The van der Waals surface area contributed by atoms with Gasteiger partial charge in [0.1, 0.15) is 5.58 Å². The molecule has 28 heavy (non-hydrogen) atoms. The number of aromatic nitrogens is 1. The van der Waals surface area contributed by atoms with Crippen LogP contribution in [0.3, 0.4) is 0 Å². The Bertz CT molecular complexity index is 1360. The molecule has 5 aromatic rings. The molecule has 0 fully saturated rings. The molecule has 0 atom stereocenters. The van der Waals surface area contributed by atoms with Crippen molar-refractivity contribution in [2.24, 2.45) is 0 Å². The molecule has 0 aliphatic heterocycles. The Morgan fingerprint density at radius 2 is 1.54 bits per heavy atom. The summed E-state index contributed by atoms with van der Waals surface area (Å²) in [5, 5.41) is 3.90. The number of halogens is 1. The van der Waals surface area contributed by atoms with Gasteiger partial charge >= 0.3 is 0 Å². The van der Waals surface area contributed by atoms with Crippen LogP contribution in [0.1, 0.15) is 26.3 Å². The van der Waals surface area contributed by atoms with Gasteiger partial charge in [-0.15, -0.1) is 0 Å². The third-order valence-electron chi connectivity index (χ3n) is 5.28. The van der Waals surface area contributed by atoms with Crippen molar-refractivity contribution >= 4 is 32.6 Å². The fourth-order valence-electron chi connectivity index (χ4n) is 3.97. The summed E-state index contributed by atoms with van der Waals surface area (Å²) in [6.45, 7) is 6.62. The molecule has 3 heteroatoms. The average molecular weight is 369 g/mol. The van der Waals surface area contributed by atoms with E-state index in [4.69, 9.17) is 9.40 Å². The number of benzene rings is 3. The quantitative estimate of drug-likeness (QED) is 0.311. The molecular formula is C25H20FNO. The molecule has 0 bridgehead atoms. The van der Waals surface area contributed by atoms with E-state index in [2.05, 4.69) is 51.1 Å². The van der Waals surface area contributed by atoms with Crippen LogP contribution in [0.25, 0.3) is 43.9 Å². The largest absolute Gasteiger partial charge is 0.430 e. The van der Waals surface area contributed by atoms with Crippen LogP contribution in [0.5, 0.6) is 0 Å². The number of para-hydroxylation sites is 1. The van der Waals surface area contributed by atoms with Crippen molar-refractivity contribution in [3.8, 4) is 11.3 Å². The summed E-state index contributed by atoms with van der Waals surface area (Å²) in [5.41, 5.74) is 4.27. The lowest BCUT2D eigenvalue weighted by Crippen LogP contribution is -2.12. The molecule has 2 nitrogen and oxygen atoms in total. The fraction of sp³-hybridized carbons (Fsp3) is 0.160. The minimum atomic E-state index is -0.591. The molecule has 3 aromatic carbocycles. The van der Waals surface area contributed by atoms with E-state index in [0.717, 1.165) is 27.5 Å². The highest BCUT2D eigenvalue weighted by molar-refractivity contribution is 6.08. The van der Waals surface area contributed by atoms with Crippen molar-refractivity contribution in [1.82, 2.24) is 4.98 Å². The number of furan rings is 1. The number of nitrogens with zero attached hydrogens (tertiary/aromatic N) is 1. The molecule has 0 saturated heterocycles. The molecule has 0 unspecified atom stereocenters. The van der Waals surface area contributed by atoms with E-state index in [0.29, 0.717) is 11.0 Å². The average Bonchev–Trinajstić information content (AvgIpc) is 3.07. The van der Waals surface area contributed by atoms with Gasteiger partial charge in [0.05, 0.1) is 16.6 Å². The Morgan fingerprint density at radius 3 is 2.32 bits per heavy atom. The Hall–Kier alpha value is -3.20. The summed E-state index contributed by atoms with van der Waals surface area (Å²) < 4.78 is 19.5. The first-order valence-corrected chi connectivity index (χ1v) is 9.43. The normalized spacial score (nSPS) is 12.3. The summed E-state index contributed by atoms with van der Waals surface area (Å²) in [4.78, 5) is 4.89. The predicted octanol–water partition coefficient (Wildman–Crippen LogP) is 7.24. The van der Waals surface area contributed by atoms with Gasteiger partial charge < -0.3 is 4.42 Å². The van der Waals surface area contributed by atoms with Gasteiger partial charge in [-0.1, -0.05) is 57.2 Å². The van der Waals surface area contributed by atoms with Crippen molar-refractivity contribution in [2.45, 2.75) is 26.2 Å². The maximum absolute atomic E-state index is 14.1. The first-order valence-electron chi connectivity index (χ1n) is 9.43. The van der Waals surface area contributed by atoms with Crippen LogP contribution < -0.4 is 0 Å². The van der Waals surface area contributed by atoms with Crippen molar-refractivity contribution in [2.75, 3.05) is 0 Å². The number of pyridine rings is 1. The van der Waals surface area contributed by atoms with Crippen LogP contribution in [0.4, 0.5) is 4.39 Å². The van der Waals surface area contributed by atoms with Gasteiger partial charge in [0.2, 0.25) is 0 Å². The zero-order valence-electron chi connectivity index (χ0n) is 16.1. The Balaban J connectivity index is 1.91. The maximum atomic E-state index is 14.1. The number of hydrogen-bond acceptors (Lipinski definition) is 2. The lowest BCUT2D eigenvalue weighted by molar-refractivity contribution is 0.382. The standard InChI is InChI=1S/C25H20FNO/c1-25(2,3)20-13-16(12-15-8-4-5-9-17(15)20)23-19-14-22(26)28-24(19)18-10-6-7-11-21(18)27-23/h4-14H,1-3H3. The van der Waals surface area contributed by atoms with E-state index in [1.807, 2.05) is 30.3 Å². The fourth-order valence-corrected chi connectivity index (χ4v) is 3.97. The van der Waals surface area contributed by atoms with E-state index in [-0.39, 0.29) is 5.41 Å². The van der Waals surface area contributed by atoms with Crippen LogP contribution in [0.15, 0.2) is 71.1 Å². The third-order valence-corrected chi connectivity index (χ3v) is 5.28. The van der Waals surface area contributed by atoms with Gasteiger partial charge in [0.25, 0.3) is 6.01 Å². The third kappa shape index (κ3) is 2.58. The van der Waals surface area contributed by atoms with Gasteiger partial charge in [0.15, 0.2) is 0 Å². The number of hydrogen-bond donors (Lipinski definition) is 0. The zero-order valence-corrected chi connectivity index (χ0v) is 16.1. The highest BCUT2D eigenvalue weighted by Gasteiger charge is 2.21. The van der Waals surface area contributed by atoms with Gasteiger partial charge in [-0.25, -0.2) is 4.98 Å². The van der Waals surface area contributed by atoms with Gasteiger partial charge in [-0.05, 0) is 46.0 Å². The van der Waals surface area contributed by atoms with Crippen LogP contribution in [0, 0.1) is 6.01 Å². The van der Waals surface area contributed by atoms with E-state index in [9.17, 15) is 4.39 Å². The monoisotopic (exact) mass is 369 g/mol. The summed E-state index contributed by atoms with van der Waals surface area (Å²) in [6, 6.07) is 21.2. The van der Waals surface area contributed by atoms with Crippen LogP contribution in [0.2, 0.25) is 0 Å². The SMILES string of the molecule is CC(C)(C)c1cc(-c2nc3ccccc3c3oc(F)cc23)cc2ccccc12. The molecule has 0 spiro atoms. The van der Waals surface area contributed by atoms with Gasteiger partial charge in [0, 0.05) is 17.0 Å². The first kappa shape index (κ1) is 16.9. The zero-order chi connectivity index (χ0) is 19.5. The molecular weight excluding hydrogens is 349 g/mol. The van der Waals surface area contributed by atoms with Gasteiger partial charge in [-0.2, -0.15) is 4.39 Å². The smallest absolute Gasteiger partial charge is 0.278 e. The molecule has 0 aliphatic carbocycles. The van der Waals surface area contributed by atoms with E-state index in [1.54, 1.807) is 0 Å². The summed E-state index contributed by atoms with van der Waals surface area (Å²) in [5.74, 6) is 0. The predicted molar refractivity (Wildman–Crippen MR) is 113 cm³/mol.